The summed E-state index contributed by atoms with van der Waals surface area (Å²) in [5.41, 5.74) is 1.20. The van der Waals surface area contributed by atoms with Crippen molar-refractivity contribution in [1.82, 2.24) is 0 Å². The third-order valence-electron chi connectivity index (χ3n) is 2.49. The van der Waals surface area contributed by atoms with Crippen molar-refractivity contribution in [2.75, 3.05) is 5.32 Å². The van der Waals surface area contributed by atoms with E-state index in [4.69, 9.17) is 0 Å². The maximum atomic E-state index is 12.9. The first-order valence-electron chi connectivity index (χ1n) is 5.78. The molecule has 3 nitrogen and oxygen atoms in total. The fraction of sp³-hybridized carbons (Fsp3) is 0. The predicted octanol–water partition coefficient (Wildman–Crippen LogP) is 3.95. The number of hydrogen-bond acceptors (Lipinski definition) is 2. The third-order valence-corrected chi connectivity index (χ3v) is 2.98. The number of hydrogen-bond donors (Lipinski definition) is 2. The van der Waals surface area contributed by atoms with Crippen LogP contribution in [0.4, 0.5) is 10.1 Å². The van der Waals surface area contributed by atoms with Crippen LogP contribution in [0.25, 0.3) is 6.08 Å². The number of phenols is 1. The zero-order valence-electron chi connectivity index (χ0n) is 10.3. The molecule has 0 spiro atoms. The van der Waals surface area contributed by atoms with Crippen LogP contribution in [0.5, 0.6) is 5.75 Å². The number of rotatable bonds is 3. The number of nitrogens with one attached hydrogen (secondary N) is 1. The zero-order chi connectivity index (χ0) is 14.5. The third kappa shape index (κ3) is 3.93. The van der Waals surface area contributed by atoms with E-state index < -0.39 is 11.6 Å². The molecular formula is C15H11BrFNO2. The van der Waals surface area contributed by atoms with E-state index in [0.717, 1.165) is 10.5 Å². The fourth-order valence-electron chi connectivity index (χ4n) is 1.56. The zero-order valence-corrected chi connectivity index (χ0v) is 11.9. The van der Waals surface area contributed by atoms with Crippen molar-refractivity contribution < 1.29 is 14.3 Å². The highest BCUT2D eigenvalue weighted by molar-refractivity contribution is 9.10. The Bertz CT molecular complexity index is 671. The van der Waals surface area contributed by atoms with E-state index in [1.807, 2.05) is 6.07 Å². The molecule has 2 aromatic carbocycles. The summed E-state index contributed by atoms with van der Waals surface area (Å²) in [6.45, 7) is 0. The predicted molar refractivity (Wildman–Crippen MR) is 79.9 cm³/mol. The number of carbonyl (C=O) groups is 1. The number of benzene rings is 2. The van der Waals surface area contributed by atoms with E-state index in [9.17, 15) is 14.3 Å². The van der Waals surface area contributed by atoms with E-state index in [1.54, 1.807) is 18.2 Å². The molecule has 0 bridgehead atoms. The van der Waals surface area contributed by atoms with Crippen molar-refractivity contribution >= 4 is 33.6 Å². The van der Waals surface area contributed by atoms with Crippen LogP contribution >= 0.6 is 15.9 Å². The van der Waals surface area contributed by atoms with Crippen LogP contribution in [0.3, 0.4) is 0 Å². The first-order chi connectivity index (χ1) is 9.54. The van der Waals surface area contributed by atoms with Crippen molar-refractivity contribution in [1.29, 1.82) is 0 Å². The van der Waals surface area contributed by atoms with Gasteiger partial charge in [0.25, 0.3) is 0 Å². The Morgan fingerprint density at radius 2 is 2.05 bits per heavy atom. The lowest BCUT2D eigenvalue weighted by Crippen LogP contribution is -2.07. The number of aromatic hydroxyl groups is 1. The van der Waals surface area contributed by atoms with Gasteiger partial charge in [0, 0.05) is 16.2 Å². The largest absolute Gasteiger partial charge is 0.505 e. The van der Waals surface area contributed by atoms with Gasteiger partial charge in [0.2, 0.25) is 5.91 Å². The lowest BCUT2D eigenvalue weighted by Gasteiger charge is -2.02. The van der Waals surface area contributed by atoms with Gasteiger partial charge in [0.05, 0.1) is 0 Å². The van der Waals surface area contributed by atoms with Gasteiger partial charge in [-0.15, -0.1) is 0 Å². The van der Waals surface area contributed by atoms with Gasteiger partial charge in [0.1, 0.15) is 0 Å². The summed E-state index contributed by atoms with van der Waals surface area (Å²) < 4.78 is 13.7. The first kappa shape index (κ1) is 14.3. The van der Waals surface area contributed by atoms with Crippen molar-refractivity contribution in [3.8, 4) is 5.75 Å². The molecule has 0 radical (unpaired) electrons. The molecular weight excluding hydrogens is 325 g/mol. The molecule has 0 aromatic heterocycles. The van der Waals surface area contributed by atoms with Gasteiger partial charge in [-0.1, -0.05) is 28.1 Å². The Hall–Kier alpha value is -2.14. The van der Waals surface area contributed by atoms with E-state index in [2.05, 4.69) is 21.2 Å². The van der Waals surface area contributed by atoms with Crippen LogP contribution in [0.1, 0.15) is 5.56 Å². The second-order valence-corrected chi connectivity index (χ2v) is 4.96. The Morgan fingerprint density at radius 1 is 1.25 bits per heavy atom. The summed E-state index contributed by atoms with van der Waals surface area (Å²) in [5, 5.41) is 11.9. The van der Waals surface area contributed by atoms with Gasteiger partial charge < -0.3 is 10.4 Å². The summed E-state index contributed by atoms with van der Waals surface area (Å²) in [6.07, 6.45) is 2.81. The normalized spacial score (nSPS) is 10.7. The molecule has 102 valence electrons. The van der Waals surface area contributed by atoms with Gasteiger partial charge in [-0.05, 0) is 42.0 Å². The second kappa shape index (κ2) is 6.34. The SMILES string of the molecule is O=C(/C=C\c1ccc(F)c(O)c1)Nc1cccc(Br)c1. The maximum absolute atomic E-state index is 12.9. The highest BCUT2D eigenvalue weighted by Crippen LogP contribution is 2.18. The Balaban J connectivity index is 2.03. The minimum absolute atomic E-state index is 0.313. The minimum atomic E-state index is -0.694. The molecule has 0 aliphatic heterocycles. The van der Waals surface area contributed by atoms with Crippen LogP contribution in [0.15, 0.2) is 53.0 Å². The van der Waals surface area contributed by atoms with Crippen molar-refractivity contribution in [3.63, 3.8) is 0 Å². The van der Waals surface area contributed by atoms with Gasteiger partial charge in [-0.2, -0.15) is 0 Å². The summed E-state index contributed by atoms with van der Waals surface area (Å²) in [4.78, 5) is 11.7. The molecule has 1 amide bonds. The van der Waals surface area contributed by atoms with Crippen molar-refractivity contribution in [2.24, 2.45) is 0 Å². The lowest BCUT2D eigenvalue weighted by molar-refractivity contribution is -0.111. The van der Waals surface area contributed by atoms with Crippen LogP contribution in [0, 0.1) is 5.82 Å². The lowest BCUT2D eigenvalue weighted by atomic mass is 10.2. The summed E-state index contributed by atoms with van der Waals surface area (Å²) in [5.74, 6) is -1.45. The number of anilines is 1. The molecule has 0 saturated heterocycles. The highest BCUT2D eigenvalue weighted by Gasteiger charge is 2.01. The van der Waals surface area contributed by atoms with E-state index in [1.165, 1.54) is 24.3 Å². The average Bonchev–Trinajstić information content (AvgIpc) is 2.40. The van der Waals surface area contributed by atoms with Crippen LogP contribution in [-0.4, -0.2) is 11.0 Å². The Kier molecular flexibility index (Phi) is 4.53. The van der Waals surface area contributed by atoms with Crippen LogP contribution in [-0.2, 0) is 4.79 Å². The summed E-state index contributed by atoms with van der Waals surface area (Å²) >= 11 is 3.31. The average molecular weight is 336 g/mol. The molecule has 2 N–H and O–H groups in total. The quantitative estimate of drug-likeness (QED) is 0.834. The van der Waals surface area contributed by atoms with Gasteiger partial charge in [-0.3, -0.25) is 4.79 Å². The Labute approximate surface area is 123 Å². The van der Waals surface area contributed by atoms with E-state index in [0.29, 0.717) is 11.3 Å². The van der Waals surface area contributed by atoms with E-state index >= 15 is 0 Å². The molecule has 0 saturated carbocycles. The van der Waals surface area contributed by atoms with Crippen molar-refractivity contribution in [2.45, 2.75) is 0 Å². The molecule has 2 aromatic rings. The van der Waals surface area contributed by atoms with Gasteiger partial charge in [0.15, 0.2) is 11.6 Å². The fourth-order valence-corrected chi connectivity index (χ4v) is 1.95. The van der Waals surface area contributed by atoms with Gasteiger partial charge >= 0.3 is 0 Å². The molecule has 0 fully saturated rings. The molecule has 0 unspecified atom stereocenters. The monoisotopic (exact) mass is 335 g/mol. The molecule has 0 atom stereocenters. The van der Waals surface area contributed by atoms with Crippen LogP contribution < -0.4 is 5.32 Å². The van der Waals surface area contributed by atoms with Gasteiger partial charge in [-0.25, -0.2) is 4.39 Å². The number of halogens is 2. The molecule has 20 heavy (non-hydrogen) atoms. The Morgan fingerprint density at radius 3 is 2.75 bits per heavy atom. The van der Waals surface area contributed by atoms with E-state index in [-0.39, 0.29) is 5.91 Å². The standard InChI is InChI=1S/C15H11BrFNO2/c16-11-2-1-3-12(9-11)18-15(20)7-5-10-4-6-13(17)14(19)8-10/h1-9,19H,(H,18,20)/b7-5-. The topological polar surface area (TPSA) is 49.3 Å². The molecule has 0 aliphatic rings. The summed E-state index contributed by atoms with van der Waals surface area (Å²) in [6, 6.07) is 11.1. The molecule has 5 heteroatoms. The highest BCUT2D eigenvalue weighted by atomic mass is 79.9. The second-order valence-electron chi connectivity index (χ2n) is 4.04. The minimum Gasteiger partial charge on any atom is -0.505 e. The number of amides is 1. The van der Waals surface area contributed by atoms with Crippen LogP contribution in [0.2, 0.25) is 0 Å². The number of phenolic OH excluding ortho intramolecular Hbond substituents is 1. The summed E-state index contributed by atoms with van der Waals surface area (Å²) in [7, 11) is 0. The molecule has 0 aliphatic carbocycles. The smallest absolute Gasteiger partial charge is 0.248 e. The number of carbonyl (C=O) groups excluding carboxylic acids is 1. The maximum Gasteiger partial charge on any atom is 0.248 e. The molecule has 2 rings (SSSR count). The first-order valence-corrected chi connectivity index (χ1v) is 6.57. The van der Waals surface area contributed by atoms with Crippen molar-refractivity contribution in [3.05, 3.63) is 64.4 Å². The molecule has 0 heterocycles.